The average Bonchev–Trinajstić information content (AvgIpc) is 0.664. The first kappa shape index (κ1) is 118. The van der Waals surface area contributed by atoms with Crippen molar-refractivity contribution in [2.45, 2.75) is 229 Å². The molecular formula is C110H128F4O28. The fourth-order valence-electron chi connectivity index (χ4n) is 13.5. The van der Waals surface area contributed by atoms with E-state index in [0.29, 0.717) is 97.3 Å². The van der Waals surface area contributed by atoms with E-state index in [0.717, 1.165) is 46.6 Å². The Morgan fingerprint density at radius 3 is 0.873 bits per heavy atom. The molecule has 0 saturated heterocycles. The van der Waals surface area contributed by atoms with E-state index in [9.17, 15) is 95.5 Å². The number of ether oxygens (including phenoxy) is 8. The van der Waals surface area contributed by atoms with Crippen LogP contribution >= 0.6 is 0 Å². The monoisotopic (exact) mass is 1970 g/mol. The van der Waals surface area contributed by atoms with E-state index in [1.807, 2.05) is 116 Å². The van der Waals surface area contributed by atoms with Gasteiger partial charge in [0.05, 0.1) is 66.8 Å². The number of unbranched alkanes of at least 4 members (excludes halogenated alkanes) is 1. The van der Waals surface area contributed by atoms with Crippen molar-refractivity contribution in [1.82, 2.24) is 0 Å². The molecule has 142 heavy (non-hydrogen) atoms. The van der Waals surface area contributed by atoms with Gasteiger partial charge in [0.2, 0.25) is 0 Å². The molecule has 8 rings (SSSR count). The van der Waals surface area contributed by atoms with Crippen LogP contribution in [0.2, 0.25) is 0 Å². The third-order valence-corrected chi connectivity index (χ3v) is 21.9. The van der Waals surface area contributed by atoms with E-state index in [-0.39, 0.29) is 125 Å². The second-order valence-corrected chi connectivity index (χ2v) is 33.7. The lowest BCUT2D eigenvalue weighted by atomic mass is 9.98. The number of methoxy groups -OCH3 is 4. The van der Waals surface area contributed by atoms with Gasteiger partial charge in [-0.2, -0.15) is 0 Å². The van der Waals surface area contributed by atoms with Crippen molar-refractivity contribution in [3.05, 3.63) is 300 Å². The highest BCUT2D eigenvalue weighted by Crippen LogP contribution is 2.34. The molecule has 4 heterocycles. The summed E-state index contributed by atoms with van der Waals surface area (Å²) in [5.41, 5.74) is 0.972. The number of carbonyl (C=O) groups is 8. The summed E-state index contributed by atoms with van der Waals surface area (Å²) in [4.78, 5) is 146. The number of allylic oxidation sites excluding steroid dienone is 8. The van der Waals surface area contributed by atoms with Crippen LogP contribution in [0.5, 0.6) is 46.0 Å². The Kier molecular flexibility index (Phi) is 50.0. The number of aryl methyl sites for hydroxylation is 3. The Labute approximate surface area is 822 Å². The molecule has 4 aromatic heterocycles. The van der Waals surface area contributed by atoms with Crippen molar-refractivity contribution < 1.29 is 132 Å². The van der Waals surface area contributed by atoms with Crippen LogP contribution in [0.25, 0.3) is 24.3 Å². The van der Waals surface area contributed by atoms with Gasteiger partial charge in [0, 0.05) is 47.9 Å². The Bertz CT molecular complexity index is 6150. The van der Waals surface area contributed by atoms with Gasteiger partial charge in [0.25, 0.3) is 12.9 Å². The van der Waals surface area contributed by atoms with Gasteiger partial charge >= 0.3 is 46.4 Å². The van der Waals surface area contributed by atoms with Crippen molar-refractivity contribution >= 4 is 71.3 Å². The molecule has 4 atom stereocenters. The second-order valence-electron chi connectivity index (χ2n) is 33.7. The summed E-state index contributed by atoms with van der Waals surface area (Å²) in [7, 11) is 5.29. The van der Waals surface area contributed by atoms with Crippen molar-refractivity contribution in [3.8, 4) is 46.0 Å². The van der Waals surface area contributed by atoms with Gasteiger partial charge in [-0.3, -0.25) is 38.4 Å². The topological polar surface area (TPSA) is 412 Å². The van der Waals surface area contributed by atoms with Gasteiger partial charge in [-0.05, 0) is 254 Å². The van der Waals surface area contributed by atoms with Crippen molar-refractivity contribution in [1.29, 1.82) is 0 Å². The first-order chi connectivity index (χ1) is 67.3. The maximum Gasteiger partial charge on any atom is 0.351 e. The fourth-order valence-corrected chi connectivity index (χ4v) is 13.5. The molecule has 0 bridgehead atoms. The maximum absolute atomic E-state index is 13.0. The molecule has 0 aliphatic heterocycles. The minimum Gasteiger partial charge on any atom is -0.507 e. The van der Waals surface area contributed by atoms with E-state index in [1.165, 1.54) is 96.9 Å². The highest BCUT2D eigenvalue weighted by Gasteiger charge is 2.28. The van der Waals surface area contributed by atoms with Crippen LogP contribution in [0.4, 0.5) is 17.6 Å². The lowest BCUT2D eigenvalue weighted by molar-refractivity contribution is -0.140. The van der Waals surface area contributed by atoms with Gasteiger partial charge in [-0.1, -0.05) is 120 Å². The number of aromatic hydroxyl groups is 4. The van der Waals surface area contributed by atoms with Crippen LogP contribution in [-0.4, -0.2) is 135 Å². The number of carbonyl (C=O) groups excluding carboxylic acids is 8. The summed E-state index contributed by atoms with van der Waals surface area (Å²) in [6.07, 6.45) is 23.1. The summed E-state index contributed by atoms with van der Waals surface area (Å²) in [5.74, 6) is -3.31. The Morgan fingerprint density at radius 2 is 0.613 bits per heavy atom. The highest BCUT2D eigenvalue weighted by atomic mass is 19.3. The van der Waals surface area contributed by atoms with Crippen LogP contribution in [0.3, 0.4) is 0 Å². The molecule has 0 radical (unpaired) electrons. The molecule has 0 spiro atoms. The zero-order chi connectivity index (χ0) is 106. The van der Waals surface area contributed by atoms with Gasteiger partial charge in [0.15, 0.2) is 23.1 Å². The molecule has 32 heteroatoms. The number of ketones is 4. The summed E-state index contributed by atoms with van der Waals surface area (Å²) in [6.45, 7) is 24.3. The third-order valence-electron chi connectivity index (χ3n) is 21.9. The molecule has 764 valence electrons. The van der Waals surface area contributed by atoms with Crippen LogP contribution in [0.15, 0.2) is 211 Å². The minimum absolute atomic E-state index is 0.0510. The van der Waals surface area contributed by atoms with Crippen LogP contribution in [0.1, 0.15) is 293 Å². The predicted octanol–water partition coefficient (Wildman–Crippen LogP) is 22.7. The number of hydrogen-bond donors (Lipinski definition) is 4. The molecule has 0 fully saturated rings. The standard InChI is InChI=1S/C29H36O7.C28H34O7.C27H30F2O7.C26H28F2O7/c1-6-7-15-35-23-14-13-22(20(3)17-23)16-21(4)28(32)27-24(30)18-25(36-29(27)33)19(2)11-9-8-10-12-26(31)34-5;1-17(2)34-22-13-12-21(19(4)15-22)14-20(5)27(31)26-23(29)16-24(35-28(26)32)18(3)10-8-7-9-11-25(30)33-6;1-16(8-6-5-7-9-24(31)34-4)22-14-21(30)25(27(33)36-22)26(32)18(3)12-19-10-11-20(13-17(19)2)35-15-23(28)29;1-16(7-5-4-6-8-23(30)33-3)21-14-20(29)24(26(32)35-21)25(31)17(2)13-18-9-11-19(12-10-18)34-15-22(27)28/h8,10,13-14,16-19,30H,6-7,9,11-12,15H2,1-5H3;7,9,12-18,29H,8,10-11H2,1-6H3;5,7,10-14,16,23,30H,6,8-9,15H2,1-4H3;4,6,9-14,16,22,29H,5,7-8,15H2,1-3H3/b10-8+,21-16?;9-7+,20-14?;7-5+,18-12?;6-4+,17-13?. The molecule has 0 amide bonds. The van der Waals surface area contributed by atoms with E-state index in [4.69, 9.17) is 36.6 Å². The lowest BCUT2D eigenvalue weighted by Gasteiger charge is -2.12. The Hall–Kier alpha value is -14.7. The molecule has 0 aliphatic carbocycles. The van der Waals surface area contributed by atoms with E-state index < -0.39 is 106 Å². The number of esters is 4. The first-order valence-electron chi connectivity index (χ1n) is 46.2. The molecule has 0 saturated carbocycles. The van der Waals surface area contributed by atoms with Gasteiger partial charge in [-0.25, -0.2) is 36.7 Å². The third kappa shape index (κ3) is 39.5. The quantitative estimate of drug-likeness (QED) is 0.00523. The van der Waals surface area contributed by atoms with Crippen molar-refractivity contribution in [2.75, 3.05) is 48.3 Å². The smallest absolute Gasteiger partial charge is 0.351 e. The zero-order valence-electron chi connectivity index (χ0n) is 83.4. The minimum atomic E-state index is -2.59. The number of halogens is 4. The molecule has 0 aliphatic rings. The van der Waals surface area contributed by atoms with E-state index >= 15 is 0 Å². The number of Topliss-reactive ketones (excluding diaryl/α,β-unsaturated/α-hetero) is 4. The summed E-state index contributed by atoms with van der Waals surface area (Å²) in [6, 6.07) is 27.2. The van der Waals surface area contributed by atoms with E-state index in [2.05, 4.69) is 25.9 Å². The van der Waals surface area contributed by atoms with E-state index in [1.54, 1.807) is 81.5 Å². The number of benzene rings is 4. The Balaban J connectivity index is 0.000000334. The fraction of sp³-hybridized carbons (Fsp3) is 0.382. The lowest BCUT2D eigenvalue weighted by Crippen LogP contribution is -2.16. The molecule has 4 aromatic carbocycles. The first-order valence-corrected chi connectivity index (χ1v) is 46.2. The zero-order valence-corrected chi connectivity index (χ0v) is 83.4. The molecular weight excluding hydrogens is 1850 g/mol. The van der Waals surface area contributed by atoms with Gasteiger partial charge in [0.1, 0.15) is 105 Å². The summed E-state index contributed by atoms with van der Waals surface area (Å²) < 4.78 is 110. The van der Waals surface area contributed by atoms with Crippen LogP contribution in [-0.2, 0) is 38.1 Å². The van der Waals surface area contributed by atoms with Crippen LogP contribution < -0.4 is 41.4 Å². The SMILES string of the molecule is CCCCOc1ccc(C=C(C)C(=O)c2c(O)cc(C(C)CC/C=C/CC(=O)OC)oc2=O)c(C)c1.COC(=O)C/C=C/CCC(C)c1cc(O)c(C(=O)C(C)=Cc2ccc(OC(C)C)cc2C)c(=O)o1.COC(=O)C/C=C/CCC(C)c1cc(O)c(C(=O)C(C)=Cc2ccc(OCC(F)F)cc2)c(=O)o1.COC(=O)C/C=C/CCC(C)c1cc(O)c(C(=O)C(C)=Cc2ccc(OCC(F)F)cc2C)c(=O)o1. The molecule has 28 nitrogen and oxygen atoms in total. The molecule has 4 N–H and O–H groups in total. The van der Waals surface area contributed by atoms with Crippen molar-refractivity contribution in [3.63, 3.8) is 0 Å². The second kappa shape index (κ2) is 60.3. The molecule has 8 aromatic rings. The predicted molar refractivity (Wildman–Crippen MR) is 531 cm³/mol. The van der Waals surface area contributed by atoms with Crippen molar-refractivity contribution in [2.24, 2.45) is 0 Å². The highest BCUT2D eigenvalue weighted by molar-refractivity contribution is 6.14. The van der Waals surface area contributed by atoms with Crippen LogP contribution in [0, 0.1) is 20.8 Å². The maximum atomic E-state index is 13.0. The summed E-state index contributed by atoms with van der Waals surface area (Å²) in [5, 5.41) is 41.8. The number of rotatable bonds is 48. The Morgan fingerprint density at radius 1 is 0.352 bits per heavy atom. The number of alkyl halides is 4. The van der Waals surface area contributed by atoms with Gasteiger partial charge in [-0.15, -0.1) is 0 Å². The van der Waals surface area contributed by atoms with Gasteiger partial charge < -0.3 is 76.0 Å². The normalized spacial score (nSPS) is 12.7. The largest absolute Gasteiger partial charge is 0.507 e. The summed E-state index contributed by atoms with van der Waals surface area (Å²) >= 11 is 0. The molecule has 4 unspecified atom stereocenters. The number of hydrogen-bond acceptors (Lipinski definition) is 28. The average molecular weight is 1970 g/mol.